The van der Waals surface area contributed by atoms with Gasteiger partial charge in [-0.05, 0) is 42.0 Å². The van der Waals surface area contributed by atoms with Crippen LogP contribution in [-0.4, -0.2) is 12.0 Å². The summed E-state index contributed by atoms with van der Waals surface area (Å²) in [6.07, 6.45) is -0.244. The van der Waals surface area contributed by atoms with E-state index in [1.165, 1.54) is 0 Å². The molecular formula is C15H12Cl2N2O2. The second-order valence-corrected chi connectivity index (χ2v) is 5.71. The number of benzene rings is 2. The smallest absolute Gasteiger partial charge is 0.265 e. The van der Waals surface area contributed by atoms with E-state index >= 15 is 0 Å². The Morgan fingerprint density at radius 3 is 2.57 bits per heavy atom. The Morgan fingerprint density at radius 1 is 1.14 bits per heavy atom. The van der Waals surface area contributed by atoms with Crippen molar-refractivity contribution in [2.75, 3.05) is 11.1 Å². The van der Waals surface area contributed by atoms with Crippen LogP contribution >= 0.6 is 23.2 Å². The summed E-state index contributed by atoms with van der Waals surface area (Å²) in [5.74, 6) is 0.381. The first-order chi connectivity index (χ1) is 10.0. The van der Waals surface area contributed by atoms with E-state index in [9.17, 15) is 4.79 Å². The number of hydrogen-bond acceptors (Lipinski definition) is 3. The minimum atomic E-state index is -0.629. The average molecular weight is 323 g/mol. The lowest BCUT2D eigenvalue weighted by Gasteiger charge is -2.26. The molecule has 1 heterocycles. The maximum atomic E-state index is 12.1. The average Bonchev–Trinajstić information content (AvgIpc) is 2.38. The summed E-state index contributed by atoms with van der Waals surface area (Å²) in [4.78, 5) is 12.1. The molecule has 0 fully saturated rings. The molecule has 0 aromatic heterocycles. The number of fused-ring (bicyclic) bond motifs is 1. The van der Waals surface area contributed by atoms with E-state index in [1.807, 2.05) is 0 Å². The first kappa shape index (κ1) is 14.0. The minimum absolute atomic E-state index is 0.218. The molecule has 1 unspecified atom stereocenters. The van der Waals surface area contributed by atoms with Crippen molar-refractivity contribution in [3.8, 4) is 5.75 Å². The maximum Gasteiger partial charge on any atom is 0.265 e. The topological polar surface area (TPSA) is 64.3 Å². The molecule has 3 N–H and O–H groups in total. The highest BCUT2D eigenvalue weighted by Crippen LogP contribution is 2.32. The van der Waals surface area contributed by atoms with E-state index in [0.29, 0.717) is 33.6 Å². The lowest BCUT2D eigenvalue weighted by molar-refractivity contribution is -0.123. The summed E-state index contributed by atoms with van der Waals surface area (Å²) in [7, 11) is 0. The van der Waals surface area contributed by atoms with Crippen molar-refractivity contribution >= 4 is 40.5 Å². The highest BCUT2D eigenvalue weighted by molar-refractivity contribution is 6.34. The van der Waals surface area contributed by atoms with Crippen LogP contribution < -0.4 is 15.8 Å². The molecule has 108 valence electrons. The third-order valence-corrected chi connectivity index (χ3v) is 3.60. The van der Waals surface area contributed by atoms with E-state index in [0.717, 1.165) is 5.56 Å². The number of hydrogen-bond donors (Lipinski definition) is 2. The predicted molar refractivity (Wildman–Crippen MR) is 84.1 cm³/mol. The fourth-order valence-corrected chi connectivity index (χ4v) is 2.82. The summed E-state index contributed by atoms with van der Waals surface area (Å²) < 4.78 is 5.73. The van der Waals surface area contributed by atoms with Crippen molar-refractivity contribution < 1.29 is 9.53 Å². The zero-order valence-corrected chi connectivity index (χ0v) is 12.4. The molecule has 6 heteroatoms. The summed E-state index contributed by atoms with van der Waals surface area (Å²) in [6, 6.07) is 10.3. The number of nitrogen functional groups attached to an aromatic ring is 1. The van der Waals surface area contributed by atoms with E-state index in [1.54, 1.807) is 36.4 Å². The van der Waals surface area contributed by atoms with Crippen LogP contribution in [0, 0.1) is 0 Å². The van der Waals surface area contributed by atoms with E-state index < -0.39 is 6.10 Å². The van der Waals surface area contributed by atoms with Gasteiger partial charge in [0.2, 0.25) is 0 Å². The molecule has 1 atom stereocenters. The third-order valence-electron chi connectivity index (χ3n) is 3.17. The monoisotopic (exact) mass is 322 g/mol. The second kappa shape index (κ2) is 5.47. The number of carbonyl (C=O) groups excluding carboxylic acids is 1. The van der Waals surface area contributed by atoms with Crippen molar-refractivity contribution in [2.24, 2.45) is 0 Å². The van der Waals surface area contributed by atoms with Gasteiger partial charge in [-0.25, -0.2) is 0 Å². The second-order valence-electron chi connectivity index (χ2n) is 4.83. The molecular weight excluding hydrogens is 311 g/mol. The molecule has 0 aliphatic carbocycles. The standard InChI is InChI=1S/C15H12Cl2N2O2/c16-9-3-8(4-10(17)6-9)5-14-15(20)19-12-7-11(18)1-2-13(12)21-14/h1-4,6-7,14H,5,18H2,(H,19,20). The Balaban J connectivity index is 1.83. The van der Waals surface area contributed by atoms with Crippen LogP contribution in [0.1, 0.15) is 5.56 Å². The van der Waals surface area contributed by atoms with Gasteiger partial charge in [0.15, 0.2) is 6.10 Å². The number of amides is 1. The molecule has 1 aliphatic heterocycles. The zero-order valence-electron chi connectivity index (χ0n) is 10.9. The number of nitrogens with one attached hydrogen (secondary N) is 1. The van der Waals surface area contributed by atoms with Crippen LogP contribution in [0.5, 0.6) is 5.75 Å². The van der Waals surface area contributed by atoms with Crippen LogP contribution in [0.25, 0.3) is 0 Å². The molecule has 0 radical (unpaired) electrons. The molecule has 1 aliphatic rings. The highest BCUT2D eigenvalue weighted by atomic mass is 35.5. The molecule has 4 nitrogen and oxygen atoms in total. The summed E-state index contributed by atoms with van der Waals surface area (Å²) in [5, 5.41) is 3.85. The Labute approximate surface area is 131 Å². The number of ether oxygens (including phenoxy) is 1. The molecule has 0 bridgehead atoms. The minimum Gasteiger partial charge on any atom is -0.478 e. The molecule has 0 saturated carbocycles. The van der Waals surface area contributed by atoms with Gasteiger partial charge in [-0.3, -0.25) is 4.79 Å². The van der Waals surface area contributed by atoms with Gasteiger partial charge in [0.05, 0.1) is 5.69 Å². The van der Waals surface area contributed by atoms with Crippen molar-refractivity contribution in [3.63, 3.8) is 0 Å². The summed E-state index contributed by atoms with van der Waals surface area (Å²) in [5.41, 5.74) is 7.67. The largest absolute Gasteiger partial charge is 0.478 e. The zero-order chi connectivity index (χ0) is 15.0. The van der Waals surface area contributed by atoms with Gasteiger partial charge in [0.1, 0.15) is 5.75 Å². The van der Waals surface area contributed by atoms with Crippen LogP contribution in [0.3, 0.4) is 0 Å². The van der Waals surface area contributed by atoms with Gasteiger partial charge in [0.25, 0.3) is 5.91 Å². The lowest BCUT2D eigenvalue weighted by atomic mass is 10.1. The van der Waals surface area contributed by atoms with Gasteiger partial charge in [-0.15, -0.1) is 0 Å². The number of halogens is 2. The first-order valence-electron chi connectivity index (χ1n) is 6.33. The van der Waals surface area contributed by atoms with Gasteiger partial charge >= 0.3 is 0 Å². The number of rotatable bonds is 2. The number of nitrogens with two attached hydrogens (primary N) is 1. The van der Waals surface area contributed by atoms with E-state index in [2.05, 4.69) is 5.32 Å². The maximum absolute atomic E-state index is 12.1. The van der Waals surface area contributed by atoms with Gasteiger partial charge < -0.3 is 15.8 Å². The van der Waals surface area contributed by atoms with Crippen LogP contribution in [0.2, 0.25) is 10.0 Å². The highest BCUT2D eigenvalue weighted by Gasteiger charge is 2.28. The molecule has 2 aromatic rings. The Kier molecular flexibility index (Phi) is 3.66. The van der Waals surface area contributed by atoms with Crippen LogP contribution in [0.4, 0.5) is 11.4 Å². The molecule has 2 aromatic carbocycles. The molecule has 0 saturated heterocycles. The SMILES string of the molecule is Nc1ccc2c(c1)NC(=O)C(Cc1cc(Cl)cc(Cl)c1)O2. The Bertz CT molecular complexity index is 699. The van der Waals surface area contributed by atoms with Gasteiger partial charge in [0, 0.05) is 22.2 Å². The Hall–Kier alpha value is -1.91. The van der Waals surface area contributed by atoms with E-state index in [-0.39, 0.29) is 5.91 Å². The predicted octanol–water partition coefficient (Wildman–Crippen LogP) is 3.52. The summed E-state index contributed by atoms with van der Waals surface area (Å²) in [6.45, 7) is 0. The van der Waals surface area contributed by atoms with E-state index in [4.69, 9.17) is 33.7 Å². The number of carbonyl (C=O) groups is 1. The Morgan fingerprint density at radius 2 is 1.86 bits per heavy atom. The normalized spacial score (nSPS) is 16.9. The van der Waals surface area contributed by atoms with Crippen molar-refractivity contribution in [3.05, 3.63) is 52.0 Å². The third kappa shape index (κ3) is 3.06. The molecule has 3 rings (SSSR count). The van der Waals surface area contributed by atoms with Gasteiger partial charge in [-0.1, -0.05) is 23.2 Å². The fraction of sp³-hybridized carbons (Fsp3) is 0.133. The summed E-state index contributed by atoms with van der Waals surface area (Å²) >= 11 is 11.9. The molecule has 21 heavy (non-hydrogen) atoms. The quantitative estimate of drug-likeness (QED) is 0.831. The van der Waals surface area contributed by atoms with Gasteiger partial charge in [-0.2, -0.15) is 0 Å². The van der Waals surface area contributed by atoms with Crippen LogP contribution in [0.15, 0.2) is 36.4 Å². The first-order valence-corrected chi connectivity index (χ1v) is 7.09. The molecule has 0 spiro atoms. The fourth-order valence-electron chi connectivity index (χ4n) is 2.25. The lowest BCUT2D eigenvalue weighted by Crippen LogP contribution is -2.38. The van der Waals surface area contributed by atoms with Crippen molar-refractivity contribution in [2.45, 2.75) is 12.5 Å². The van der Waals surface area contributed by atoms with Crippen molar-refractivity contribution in [1.82, 2.24) is 0 Å². The van der Waals surface area contributed by atoms with Crippen molar-refractivity contribution in [1.29, 1.82) is 0 Å². The van der Waals surface area contributed by atoms with Crippen LogP contribution in [-0.2, 0) is 11.2 Å². The number of anilines is 2. The molecule has 1 amide bonds.